The first-order valence-corrected chi connectivity index (χ1v) is 9.64. The molecule has 2 amide bonds. The lowest BCUT2D eigenvalue weighted by Gasteiger charge is -2.31. The third-order valence-electron chi connectivity index (χ3n) is 5.00. The Hall–Kier alpha value is -3.54. The van der Waals surface area contributed by atoms with Crippen molar-refractivity contribution in [1.29, 1.82) is 0 Å². The van der Waals surface area contributed by atoms with Crippen molar-refractivity contribution in [2.24, 2.45) is 5.92 Å². The molecule has 0 radical (unpaired) electrons. The molecule has 2 aromatic carbocycles. The third-order valence-corrected chi connectivity index (χ3v) is 5.00. The molecule has 0 spiro atoms. The van der Waals surface area contributed by atoms with Gasteiger partial charge in [0.05, 0.1) is 11.8 Å². The van der Waals surface area contributed by atoms with E-state index in [1.54, 1.807) is 11.0 Å². The number of amides is 2. The van der Waals surface area contributed by atoms with Gasteiger partial charge in [0.2, 0.25) is 5.91 Å². The van der Waals surface area contributed by atoms with Crippen LogP contribution in [0.4, 0.5) is 5.69 Å². The average Bonchev–Trinajstić information content (AvgIpc) is 3.29. The second-order valence-corrected chi connectivity index (χ2v) is 7.01. The Kier molecular flexibility index (Phi) is 5.61. The Bertz CT molecular complexity index is 962. The van der Waals surface area contributed by atoms with Crippen molar-refractivity contribution in [3.63, 3.8) is 0 Å². The maximum Gasteiger partial charge on any atom is 0.257 e. The van der Waals surface area contributed by atoms with E-state index < -0.39 is 0 Å². The standard InChI is InChI=1S/C23H22N2O4/c26-22(17-9-12-25(13-10-17)23(27)18-11-14-28-16-18)24-19-5-4-8-21(15-19)29-20-6-2-1-3-7-20/h1-8,11,14-17H,9-10,12-13H2,(H,24,26). The molecule has 0 atom stereocenters. The summed E-state index contributed by atoms with van der Waals surface area (Å²) in [6.07, 6.45) is 4.21. The number of hydrogen-bond acceptors (Lipinski definition) is 4. The van der Waals surface area contributed by atoms with Gasteiger partial charge in [0.25, 0.3) is 5.91 Å². The third kappa shape index (κ3) is 4.66. The van der Waals surface area contributed by atoms with E-state index in [0.717, 1.165) is 5.75 Å². The summed E-state index contributed by atoms with van der Waals surface area (Å²) in [5.74, 6) is 1.20. The molecule has 0 bridgehead atoms. The van der Waals surface area contributed by atoms with Crippen LogP contribution < -0.4 is 10.1 Å². The van der Waals surface area contributed by atoms with Gasteiger partial charge >= 0.3 is 0 Å². The number of piperidine rings is 1. The summed E-state index contributed by atoms with van der Waals surface area (Å²) in [5, 5.41) is 2.97. The molecule has 1 N–H and O–H groups in total. The summed E-state index contributed by atoms with van der Waals surface area (Å²) >= 11 is 0. The smallest absolute Gasteiger partial charge is 0.257 e. The van der Waals surface area contributed by atoms with Crippen molar-refractivity contribution in [3.8, 4) is 11.5 Å². The highest BCUT2D eigenvalue weighted by Gasteiger charge is 2.28. The SMILES string of the molecule is O=C(Nc1cccc(Oc2ccccc2)c1)C1CCN(C(=O)c2ccoc2)CC1. The zero-order chi connectivity index (χ0) is 20.1. The van der Waals surface area contributed by atoms with Crippen LogP contribution in [0.25, 0.3) is 0 Å². The lowest BCUT2D eigenvalue weighted by molar-refractivity contribution is -0.121. The number of nitrogens with zero attached hydrogens (tertiary/aromatic N) is 1. The number of likely N-dealkylation sites (tertiary alicyclic amines) is 1. The maximum atomic E-state index is 12.7. The van der Waals surface area contributed by atoms with Crippen molar-refractivity contribution < 1.29 is 18.7 Å². The molecule has 1 aromatic heterocycles. The molecule has 148 valence electrons. The molecule has 29 heavy (non-hydrogen) atoms. The maximum absolute atomic E-state index is 12.7. The molecule has 0 saturated carbocycles. The molecule has 6 nitrogen and oxygen atoms in total. The quantitative estimate of drug-likeness (QED) is 0.693. The fourth-order valence-electron chi connectivity index (χ4n) is 3.42. The van der Waals surface area contributed by atoms with Gasteiger partial charge in [-0.25, -0.2) is 0 Å². The summed E-state index contributed by atoms with van der Waals surface area (Å²) in [4.78, 5) is 26.8. The van der Waals surface area contributed by atoms with Gasteiger partial charge in [-0.15, -0.1) is 0 Å². The van der Waals surface area contributed by atoms with Crippen LogP contribution in [-0.4, -0.2) is 29.8 Å². The summed E-state index contributed by atoms with van der Waals surface area (Å²) in [6.45, 7) is 1.11. The first-order chi connectivity index (χ1) is 14.2. The van der Waals surface area contributed by atoms with Gasteiger partial charge in [-0.05, 0) is 43.2 Å². The molecule has 1 aliphatic heterocycles. The van der Waals surface area contributed by atoms with Gasteiger partial charge in [-0.3, -0.25) is 9.59 Å². The van der Waals surface area contributed by atoms with E-state index in [0.29, 0.717) is 42.9 Å². The summed E-state index contributed by atoms with van der Waals surface area (Å²) < 4.78 is 10.8. The minimum atomic E-state index is -0.123. The number of furan rings is 1. The molecule has 2 heterocycles. The van der Waals surface area contributed by atoms with Crippen molar-refractivity contribution in [2.75, 3.05) is 18.4 Å². The molecule has 4 rings (SSSR count). The number of hydrogen-bond donors (Lipinski definition) is 1. The van der Waals surface area contributed by atoms with E-state index in [-0.39, 0.29) is 17.7 Å². The van der Waals surface area contributed by atoms with Crippen LogP contribution in [0.2, 0.25) is 0 Å². The first kappa shape index (κ1) is 18.8. The summed E-state index contributed by atoms with van der Waals surface area (Å²) in [5.41, 5.74) is 1.24. The van der Waals surface area contributed by atoms with E-state index in [1.165, 1.54) is 12.5 Å². The molecule has 6 heteroatoms. The van der Waals surface area contributed by atoms with Gasteiger partial charge in [-0.1, -0.05) is 24.3 Å². The fraction of sp³-hybridized carbons (Fsp3) is 0.217. The summed E-state index contributed by atoms with van der Waals surface area (Å²) in [7, 11) is 0. The Morgan fingerprint density at radius 2 is 1.72 bits per heavy atom. The Morgan fingerprint density at radius 1 is 0.966 bits per heavy atom. The van der Waals surface area contributed by atoms with E-state index in [9.17, 15) is 9.59 Å². The highest BCUT2D eigenvalue weighted by molar-refractivity contribution is 5.95. The van der Waals surface area contributed by atoms with Gasteiger partial charge < -0.3 is 19.4 Å². The zero-order valence-corrected chi connectivity index (χ0v) is 15.9. The molecule has 0 aliphatic carbocycles. The molecule has 1 aliphatic rings. The van der Waals surface area contributed by atoms with Crippen LogP contribution in [-0.2, 0) is 4.79 Å². The lowest BCUT2D eigenvalue weighted by Crippen LogP contribution is -2.41. The number of para-hydroxylation sites is 1. The largest absolute Gasteiger partial charge is 0.472 e. The van der Waals surface area contributed by atoms with Crippen LogP contribution >= 0.6 is 0 Å². The fourth-order valence-corrected chi connectivity index (χ4v) is 3.42. The monoisotopic (exact) mass is 390 g/mol. The second kappa shape index (κ2) is 8.65. The number of carbonyl (C=O) groups is 2. The van der Waals surface area contributed by atoms with Crippen LogP contribution in [0.15, 0.2) is 77.6 Å². The second-order valence-electron chi connectivity index (χ2n) is 7.01. The first-order valence-electron chi connectivity index (χ1n) is 9.64. The Labute approximate surface area is 169 Å². The number of carbonyl (C=O) groups excluding carboxylic acids is 2. The van der Waals surface area contributed by atoms with Crippen molar-refractivity contribution >= 4 is 17.5 Å². The molecule has 1 saturated heterocycles. The molecule has 3 aromatic rings. The highest BCUT2D eigenvalue weighted by Crippen LogP contribution is 2.25. The average molecular weight is 390 g/mol. The zero-order valence-electron chi connectivity index (χ0n) is 15.9. The number of ether oxygens (including phenoxy) is 1. The normalized spacial score (nSPS) is 14.4. The van der Waals surface area contributed by atoms with Crippen molar-refractivity contribution in [2.45, 2.75) is 12.8 Å². The van der Waals surface area contributed by atoms with E-state index in [2.05, 4.69) is 5.32 Å². The van der Waals surface area contributed by atoms with E-state index in [1.807, 2.05) is 54.6 Å². The van der Waals surface area contributed by atoms with Crippen molar-refractivity contribution in [1.82, 2.24) is 4.90 Å². The minimum absolute atomic E-state index is 0.0303. The van der Waals surface area contributed by atoms with Crippen LogP contribution in [0.5, 0.6) is 11.5 Å². The predicted molar refractivity (Wildman–Crippen MR) is 109 cm³/mol. The number of benzene rings is 2. The molecular formula is C23H22N2O4. The highest BCUT2D eigenvalue weighted by atomic mass is 16.5. The van der Waals surface area contributed by atoms with Crippen LogP contribution in [0.3, 0.4) is 0 Å². The van der Waals surface area contributed by atoms with Crippen LogP contribution in [0, 0.1) is 5.92 Å². The number of rotatable bonds is 5. The minimum Gasteiger partial charge on any atom is -0.472 e. The van der Waals surface area contributed by atoms with Crippen molar-refractivity contribution in [3.05, 3.63) is 78.8 Å². The summed E-state index contributed by atoms with van der Waals surface area (Å²) in [6, 6.07) is 18.5. The predicted octanol–water partition coefficient (Wildman–Crippen LogP) is 4.56. The van der Waals surface area contributed by atoms with Gasteiger partial charge in [0.1, 0.15) is 17.8 Å². The van der Waals surface area contributed by atoms with Crippen LogP contribution in [0.1, 0.15) is 23.2 Å². The van der Waals surface area contributed by atoms with Gasteiger partial charge in [0, 0.05) is 30.8 Å². The lowest BCUT2D eigenvalue weighted by atomic mass is 9.95. The van der Waals surface area contributed by atoms with Gasteiger partial charge in [-0.2, -0.15) is 0 Å². The molecular weight excluding hydrogens is 368 g/mol. The van der Waals surface area contributed by atoms with E-state index in [4.69, 9.17) is 9.15 Å². The van der Waals surface area contributed by atoms with E-state index >= 15 is 0 Å². The molecule has 1 fully saturated rings. The van der Waals surface area contributed by atoms with Gasteiger partial charge in [0.15, 0.2) is 0 Å². The molecule has 0 unspecified atom stereocenters. The topological polar surface area (TPSA) is 71.8 Å². The Morgan fingerprint density at radius 3 is 2.45 bits per heavy atom. The number of anilines is 1. The number of nitrogens with one attached hydrogen (secondary N) is 1. The Balaban J connectivity index is 1.32.